The SMILES string of the molecule is CCOC(=O)c1ccc(NC(=O)Cn2c3c(sc2=O)C(c2ccc(F)cc2)C2C(=O)N(C(N)=O)C(=O)C2S3)cc1. The standard InChI is InChI=1S/C26H21FN4O7S2/c1-2-38-24(35)13-5-9-15(10-6-13)29-16(32)11-30-23-20(40-26(30)37)17(12-3-7-14(27)8-4-12)18-19(39-23)22(34)31(21(18)33)25(28)36/h3-10,17-19H,2,11H2,1H3,(H2,28,36)(H,29,32). The molecule has 206 valence electrons. The number of hydrogen-bond donors (Lipinski definition) is 2. The highest BCUT2D eigenvalue weighted by Gasteiger charge is 2.57. The number of halogens is 1. The van der Waals surface area contributed by atoms with Crippen LogP contribution in [0.25, 0.3) is 0 Å². The molecule has 0 saturated carbocycles. The highest BCUT2D eigenvalue weighted by Crippen LogP contribution is 2.53. The van der Waals surface area contributed by atoms with E-state index in [0.717, 1.165) is 23.1 Å². The number of nitrogens with one attached hydrogen (secondary N) is 1. The molecule has 5 rings (SSSR count). The van der Waals surface area contributed by atoms with Crippen molar-refractivity contribution in [1.82, 2.24) is 9.47 Å². The minimum absolute atomic E-state index is 0.221. The minimum atomic E-state index is -1.21. The Morgan fingerprint density at radius 1 is 1.02 bits per heavy atom. The van der Waals surface area contributed by atoms with Crippen molar-refractivity contribution in [2.75, 3.05) is 11.9 Å². The van der Waals surface area contributed by atoms with Gasteiger partial charge in [-0.3, -0.25) is 23.7 Å². The van der Waals surface area contributed by atoms with Crippen LogP contribution >= 0.6 is 23.1 Å². The normalized spacial score (nSPS) is 19.6. The number of ether oxygens (including phenoxy) is 1. The summed E-state index contributed by atoms with van der Waals surface area (Å²) in [5, 5.41) is 1.87. The van der Waals surface area contributed by atoms with Crippen molar-refractivity contribution in [2.24, 2.45) is 11.7 Å². The molecule has 11 nitrogen and oxygen atoms in total. The first-order chi connectivity index (χ1) is 19.1. The Balaban J connectivity index is 1.47. The first kappa shape index (κ1) is 27.3. The molecule has 14 heteroatoms. The number of nitrogens with two attached hydrogens (primary N) is 1. The molecule has 1 fully saturated rings. The number of fused-ring (bicyclic) bond motifs is 2. The van der Waals surface area contributed by atoms with Crippen LogP contribution in [-0.4, -0.2) is 51.0 Å². The first-order valence-corrected chi connectivity index (χ1v) is 13.7. The van der Waals surface area contributed by atoms with Gasteiger partial charge >= 0.3 is 16.9 Å². The zero-order valence-electron chi connectivity index (χ0n) is 20.8. The number of thiazole rings is 1. The van der Waals surface area contributed by atoms with Crippen LogP contribution in [0, 0.1) is 11.7 Å². The Morgan fingerprint density at radius 2 is 1.70 bits per heavy atom. The highest BCUT2D eigenvalue weighted by atomic mass is 32.2. The molecule has 40 heavy (non-hydrogen) atoms. The summed E-state index contributed by atoms with van der Waals surface area (Å²) in [5.74, 6) is -5.09. The number of anilines is 1. The molecule has 3 N–H and O–H groups in total. The van der Waals surface area contributed by atoms with E-state index in [0.29, 0.717) is 31.6 Å². The smallest absolute Gasteiger partial charge is 0.338 e. The van der Waals surface area contributed by atoms with E-state index in [4.69, 9.17) is 10.5 Å². The zero-order valence-corrected chi connectivity index (χ0v) is 22.4. The predicted molar refractivity (Wildman–Crippen MR) is 142 cm³/mol. The van der Waals surface area contributed by atoms with Crippen LogP contribution in [0.2, 0.25) is 0 Å². The maximum Gasteiger partial charge on any atom is 0.338 e. The van der Waals surface area contributed by atoms with Gasteiger partial charge in [-0.15, -0.1) is 0 Å². The lowest BCUT2D eigenvalue weighted by Crippen LogP contribution is -2.41. The number of aromatic nitrogens is 1. The molecule has 2 aromatic carbocycles. The van der Waals surface area contributed by atoms with E-state index in [1.807, 2.05) is 0 Å². The summed E-state index contributed by atoms with van der Waals surface area (Å²) >= 11 is 1.72. The summed E-state index contributed by atoms with van der Waals surface area (Å²) < 4.78 is 19.8. The largest absolute Gasteiger partial charge is 0.462 e. The lowest BCUT2D eigenvalue weighted by molar-refractivity contribution is -0.135. The fourth-order valence-electron chi connectivity index (χ4n) is 4.75. The van der Waals surface area contributed by atoms with Crippen LogP contribution < -0.4 is 15.9 Å². The summed E-state index contributed by atoms with van der Waals surface area (Å²) in [4.78, 5) is 76.3. The molecule has 3 aromatic rings. The Labute approximate surface area is 234 Å². The molecular formula is C26H21FN4O7S2. The monoisotopic (exact) mass is 584 g/mol. The molecule has 1 saturated heterocycles. The van der Waals surface area contributed by atoms with Crippen LogP contribution in [0.15, 0.2) is 58.4 Å². The van der Waals surface area contributed by atoms with Gasteiger partial charge in [0.2, 0.25) is 11.8 Å². The maximum absolute atomic E-state index is 13.7. The number of imide groups is 3. The van der Waals surface area contributed by atoms with E-state index in [-0.39, 0.29) is 6.61 Å². The second kappa shape index (κ2) is 10.7. The number of primary amides is 1. The molecule has 0 aliphatic carbocycles. The van der Waals surface area contributed by atoms with E-state index in [1.54, 1.807) is 6.92 Å². The van der Waals surface area contributed by atoms with Crippen LogP contribution in [-0.2, 0) is 25.7 Å². The summed E-state index contributed by atoms with van der Waals surface area (Å²) in [6.07, 6.45) is 0. The molecule has 0 radical (unpaired) electrons. The van der Waals surface area contributed by atoms with Gasteiger partial charge in [0.25, 0.3) is 5.91 Å². The van der Waals surface area contributed by atoms with Crippen LogP contribution in [0.1, 0.15) is 33.6 Å². The fourth-order valence-corrected chi connectivity index (χ4v) is 7.52. The first-order valence-electron chi connectivity index (χ1n) is 12.0. The Kier molecular flexibility index (Phi) is 7.29. The number of rotatable bonds is 6. The Hall–Kier alpha value is -4.30. The molecule has 0 spiro atoms. The van der Waals surface area contributed by atoms with Gasteiger partial charge in [0.1, 0.15) is 17.6 Å². The molecule has 0 bridgehead atoms. The number of benzene rings is 2. The number of hydrogen-bond acceptors (Lipinski definition) is 9. The summed E-state index contributed by atoms with van der Waals surface area (Å²) in [6, 6.07) is 10.1. The lowest BCUT2D eigenvalue weighted by Gasteiger charge is -2.30. The van der Waals surface area contributed by atoms with Crippen LogP contribution in [0.3, 0.4) is 0 Å². The molecule has 2 aliphatic heterocycles. The van der Waals surface area contributed by atoms with Gasteiger partial charge in [0.05, 0.1) is 23.1 Å². The average molecular weight is 585 g/mol. The third-order valence-electron chi connectivity index (χ3n) is 6.48. The number of carbonyl (C=O) groups excluding carboxylic acids is 5. The molecule has 5 amide bonds. The maximum atomic E-state index is 13.7. The zero-order chi connectivity index (χ0) is 28.7. The van der Waals surface area contributed by atoms with Crippen LogP contribution in [0.4, 0.5) is 14.9 Å². The molecular weight excluding hydrogens is 563 g/mol. The van der Waals surface area contributed by atoms with Gasteiger partial charge in [-0.2, -0.15) is 4.90 Å². The average Bonchev–Trinajstić information content (AvgIpc) is 3.36. The number of amides is 5. The van der Waals surface area contributed by atoms with E-state index in [1.165, 1.54) is 53.1 Å². The molecule has 3 unspecified atom stereocenters. The van der Waals surface area contributed by atoms with Crippen molar-refractivity contribution in [3.63, 3.8) is 0 Å². The van der Waals surface area contributed by atoms with Gasteiger partial charge in [-0.25, -0.2) is 14.0 Å². The highest BCUT2D eigenvalue weighted by molar-refractivity contribution is 8.00. The minimum Gasteiger partial charge on any atom is -0.462 e. The summed E-state index contributed by atoms with van der Waals surface area (Å²) in [7, 11) is 0. The Bertz CT molecular complexity index is 1600. The number of urea groups is 1. The summed E-state index contributed by atoms with van der Waals surface area (Å²) in [6.45, 7) is 1.50. The topological polar surface area (TPSA) is 158 Å². The van der Waals surface area contributed by atoms with E-state index >= 15 is 0 Å². The number of nitrogens with zero attached hydrogens (tertiary/aromatic N) is 2. The summed E-state index contributed by atoms with van der Waals surface area (Å²) in [5.41, 5.74) is 6.45. The second-order valence-electron chi connectivity index (χ2n) is 8.91. The van der Waals surface area contributed by atoms with Crippen molar-refractivity contribution in [2.45, 2.75) is 29.7 Å². The van der Waals surface area contributed by atoms with Crippen molar-refractivity contribution in [3.8, 4) is 0 Å². The quantitative estimate of drug-likeness (QED) is 0.331. The number of carbonyl (C=O) groups is 5. The van der Waals surface area contributed by atoms with E-state index in [2.05, 4.69) is 5.32 Å². The number of thioether (sulfide) groups is 1. The Morgan fingerprint density at radius 3 is 2.33 bits per heavy atom. The number of likely N-dealkylation sites (tertiary alicyclic amines) is 1. The van der Waals surface area contributed by atoms with Crippen molar-refractivity contribution in [1.29, 1.82) is 0 Å². The molecule has 3 atom stereocenters. The number of esters is 1. The van der Waals surface area contributed by atoms with Gasteiger partial charge in [-0.05, 0) is 48.9 Å². The van der Waals surface area contributed by atoms with Gasteiger partial charge in [0, 0.05) is 16.5 Å². The van der Waals surface area contributed by atoms with Crippen LogP contribution in [0.5, 0.6) is 0 Å². The second-order valence-corrected chi connectivity index (χ2v) is 11.0. The molecule has 1 aromatic heterocycles. The van der Waals surface area contributed by atoms with Crippen molar-refractivity contribution >= 4 is 58.5 Å². The van der Waals surface area contributed by atoms with Gasteiger partial charge in [-0.1, -0.05) is 35.2 Å². The fraction of sp³-hybridized carbons (Fsp3) is 0.231. The third-order valence-corrected chi connectivity index (χ3v) is 9.08. The molecule has 3 heterocycles. The van der Waals surface area contributed by atoms with E-state index < -0.39 is 64.0 Å². The van der Waals surface area contributed by atoms with Crippen molar-refractivity contribution in [3.05, 3.63) is 80.0 Å². The predicted octanol–water partition coefficient (Wildman–Crippen LogP) is 2.53. The van der Waals surface area contributed by atoms with Gasteiger partial charge in [0.15, 0.2) is 0 Å². The lowest BCUT2D eigenvalue weighted by atomic mass is 9.83. The van der Waals surface area contributed by atoms with Gasteiger partial charge < -0.3 is 15.8 Å². The third kappa shape index (κ3) is 4.79. The molecule has 2 aliphatic rings. The van der Waals surface area contributed by atoms with Crippen molar-refractivity contribution < 1.29 is 33.1 Å². The van der Waals surface area contributed by atoms with E-state index in [9.17, 15) is 33.2 Å².